The molecule has 0 aliphatic heterocycles. The Morgan fingerprint density at radius 3 is 2.08 bits per heavy atom. The van der Waals surface area contributed by atoms with Crippen molar-refractivity contribution in [2.45, 2.75) is 0 Å². The Bertz CT molecular complexity index is 1110. The summed E-state index contributed by atoms with van der Waals surface area (Å²) in [6.07, 6.45) is 0. The van der Waals surface area contributed by atoms with E-state index in [0.717, 1.165) is 12.1 Å². The second-order valence-corrected chi connectivity index (χ2v) is 6.12. The Hall–Kier alpha value is -2.48. The average molecular weight is 406 g/mol. The van der Waals surface area contributed by atoms with E-state index in [1.165, 1.54) is 0 Å². The van der Waals surface area contributed by atoms with Crippen LogP contribution in [-0.2, 0) is 0 Å². The topological polar surface area (TPSA) is 131 Å². The SMILES string of the molecule is O=c1c(O)c(-c2cc(Cl)c(O)c(Cl)c2O)oc2c(Cl)c(O)cc(O)c12. The maximum absolute atomic E-state index is 12.3. The number of hydrogen-bond donors (Lipinski definition) is 5. The van der Waals surface area contributed by atoms with E-state index in [0.29, 0.717) is 0 Å². The highest BCUT2D eigenvalue weighted by Gasteiger charge is 2.25. The van der Waals surface area contributed by atoms with Crippen LogP contribution in [-0.4, -0.2) is 25.5 Å². The van der Waals surface area contributed by atoms with Crippen LogP contribution >= 0.6 is 34.8 Å². The summed E-state index contributed by atoms with van der Waals surface area (Å²) in [6.45, 7) is 0. The van der Waals surface area contributed by atoms with Crippen molar-refractivity contribution in [2.75, 3.05) is 0 Å². The molecule has 0 amide bonds. The summed E-state index contributed by atoms with van der Waals surface area (Å²) in [7, 11) is 0. The van der Waals surface area contributed by atoms with Crippen LogP contribution in [0.3, 0.4) is 0 Å². The zero-order valence-corrected chi connectivity index (χ0v) is 14.1. The van der Waals surface area contributed by atoms with E-state index in [4.69, 9.17) is 39.2 Å². The Morgan fingerprint density at radius 2 is 1.44 bits per heavy atom. The van der Waals surface area contributed by atoms with Gasteiger partial charge in [-0.15, -0.1) is 0 Å². The lowest BCUT2D eigenvalue weighted by molar-refractivity contribution is 0.433. The van der Waals surface area contributed by atoms with Crippen molar-refractivity contribution in [1.29, 1.82) is 0 Å². The van der Waals surface area contributed by atoms with Gasteiger partial charge in [-0.1, -0.05) is 34.8 Å². The summed E-state index contributed by atoms with van der Waals surface area (Å²) in [5, 5.41) is 47.6. The molecule has 0 spiro atoms. The third-order valence-corrected chi connectivity index (χ3v) is 4.47. The van der Waals surface area contributed by atoms with Crippen LogP contribution < -0.4 is 5.43 Å². The smallest absolute Gasteiger partial charge is 0.238 e. The number of phenolic OH excluding ortho intramolecular Hbond substituents is 4. The predicted molar refractivity (Wildman–Crippen MR) is 91.3 cm³/mol. The summed E-state index contributed by atoms with van der Waals surface area (Å²) in [4.78, 5) is 12.3. The van der Waals surface area contributed by atoms with Crippen molar-refractivity contribution in [2.24, 2.45) is 0 Å². The normalized spacial score (nSPS) is 11.2. The molecule has 25 heavy (non-hydrogen) atoms. The van der Waals surface area contributed by atoms with Crippen LogP contribution in [0.2, 0.25) is 15.1 Å². The molecule has 0 bridgehead atoms. The van der Waals surface area contributed by atoms with E-state index >= 15 is 0 Å². The van der Waals surface area contributed by atoms with Crippen molar-refractivity contribution >= 4 is 45.8 Å². The summed E-state index contributed by atoms with van der Waals surface area (Å²) < 4.78 is 5.32. The van der Waals surface area contributed by atoms with Gasteiger partial charge in [0.1, 0.15) is 32.7 Å². The molecule has 2 aromatic carbocycles. The van der Waals surface area contributed by atoms with Gasteiger partial charge in [-0.05, 0) is 6.07 Å². The largest absolute Gasteiger partial charge is 0.507 e. The van der Waals surface area contributed by atoms with Crippen molar-refractivity contribution in [3.05, 3.63) is 37.4 Å². The van der Waals surface area contributed by atoms with Gasteiger partial charge < -0.3 is 29.9 Å². The number of hydrogen-bond acceptors (Lipinski definition) is 7. The maximum atomic E-state index is 12.3. The Morgan fingerprint density at radius 1 is 0.800 bits per heavy atom. The van der Waals surface area contributed by atoms with E-state index in [9.17, 15) is 30.3 Å². The molecule has 130 valence electrons. The van der Waals surface area contributed by atoms with Gasteiger partial charge in [0.25, 0.3) is 0 Å². The first kappa shape index (κ1) is 17.3. The number of fused-ring (bicyclic) bond motifs is 1. The van der Waals surface area contributed by atoms with Crippen molar-refractivity contribution in [1.82, 2.24) is 0 Å². The lowest BCUT2D eigenvalue weighted by atomic mass is 10.1. The van der Waals surface area contributed by atoms with Gasteiger partial charge in [0.2, 0.25) is 11.2 Å². The van der Waals surface area contributed by atoms with Crippen LogP contribution in [0, 0.1) is 0 Å². The maximum Gasteiger partial charge on any atom is 0.238 e. The van der Waals surface area contributed by atoms with Gasteiger partial charge in [-0.2, -0.15) is 0 Å². The fourth-order valence-corrected chi connectivity index (χ4v) is 2.89. The van der Waals surface area contributed by atoms with E-state index in [1.54, 1.807) is 0 Å². The lowest BCUT2D eigenvalue weighted by Gasteiger charge is -2.12. The quantitative estimate of drug-likeness (QED) is 0.414. The van der Waals surface area contributed by atoms with Gasteiger partial charge in [0, 0.05) is 6.07 Å². The third-order valence-electron chi connectivity index (χ3n) is 3.46. The minimum Gasteiger partial charge on any atom is -0.507 e. The molecule has 0 saturated heterocycles. The molecule has 1 heterocycles. The average Bonchev–Trinajstić information content (AvgIpc) is 2.56. The standard InChI is InChI=1S/C15H7Cl3O7/c16-4-1-3(10(21)9(18)11(4)22)14-13(24)12(23)7-5(19)2-6(20)8(17)15(7)25-14/h1-2,19-22,24H. The molecule has 3 rings (SSSR count). The van der Waals surface area contributed by atoms with Gasteiger partial charge in [-0.25, -0.2) is 0 Å². The van der Waals surface area contributed by atoms with E-state index in [1.807, 2.05) is 0 Å². The molecule has 0 aliphatic carbocycles. The van der Waals surface area contributed by atoms with Crippen molar-refractivity contribution in [3.63, 3.8) is 0 Å². The minimum atomic E-state index is -1.07. The van der Waals surface area contributed by atoms with E-state index in [2.05, 4.69) is 0 Å². The second-order valence-electron chi connectivity index (χ2n) is 4.96. The molecule has 0 fully saturated rings. The van der Waals surface area contributed by atoms with Crippen molar-refractivity contribution < 1.29 is 29.9 Å². The van der Waals surface area contributed by atoms with Gasteiger partial charge in [0.05, 0.1) is 10.6 Å². The van der Waals surface area contributed by atoms with Gasteiger partial charge in [-0.3, -0.25) is 4.79 Å². The first-order chi connectivity index (χ1) is 11.6. The Balaban J connectivity index is 2.50. The summed E-state index contributed by atoms with van der Waals surface area (Å²) in [6, 6.07) is 1.81. The van der Waals surface area contributed by atoms with Gasteiger partial charge >= 0.3 is 0 Å². The molecule has 0 aliphatic rings. The fourth-order valence-electron chi connectivity index (χ4n) is 2.25. The lowest BCUT2D eigenvalue weighted by Crippen LogP contribution is -2.03. The highest BCUT2D eigenvalue weighted by molar-refractivity contribution is 6.39. The van der Waals surface area contributed by atoms with Crippen molar-refractivity contribution in [3.8, 4) is 40.1 Å². The summed E-state index contributed by atoms with van der Waals surface area (Å²) in [5.41, 5.74) is -1.82. The first-order valence-corrected chi connectivity index (χ1v) is 7.59. The molecule has 1 aromatic heterocycles. The number of phenols is 4. The van der Waals surface area contributed by atoms with Crippen LogP contribution in [0.5, 0.6) is 28.7 Å². The zero-order chi connectivity index (χ0) is 18.6. The first-order valence-electron chi connectivity index (χ1n) is 6.45. The molecule has 10 heteroatoms. The molecule has 0 atom stereocenters. The Labute approximate surface area is 153 Å². The molecule has 0 radical (unpaired) electrons. The zero-order valence-electron chi connectivity index (χ0n) is 11.8. The molecule has 3 aromatic rings. The predicted octanol–water partition coefficient (Wildman–Crippen LogP) is 3.95. The fraction of sp³-hybridized carbons (Fsp3) is 0. The molecule has 7 nitrogen and oxygen atoms in total. The molecular formula is C15H7Cl3O7. The number of benzene rings is 2. The van der Waals surface area contributed by atoms with E-state index < -0.39 is 61.0 Å². The van der Waals surface area contributed by atoms with Crippen LogP contribution in [0.25, 0.3) is 22.3 Å². The summed E-state index contributed by atoms with van der Waals surface area (Å²) >= 11 is 17.4. The van der Waals surface area contributed by atoms with Crippen LogP contribution in [0.1, 0.15) is 0 Å². The minimum absolute atomic E-state index is 0.287. The molecule has 0 saturated carbocycles. The number of aromatic hydroxyl groups is 5. The number of halogens is 3. The highest BCUT2D eigenvalue weighted by atomic mass is 35.5. The third kappa shape index (κ3) is 2.48. The second kappa shape index (κ2) is 5.80. The van der Waals surface area contributed by atoms with Crippen LogP contribution in [0.15, 0.2) is 21.3 Å². The Kier molecular flexibility index (Phi) is 4.03. The molecule has 0 unspecified atom stereocenters. The highest BCUT2D eigenvalue weighted by Crippen LogP contribution is 2.48. The molecular weight excluding hydrogens is 399 g/mol. The van der Waals surface area contributed by atoms with E-state index in [-0.39, 0.29) is 10.6 Å². The monoisotopic (exact) mass is 404 g/mol. The van der Waals surface area contributed by atoms with Gasteiger partial charge in [0.15, 0.2) is 17.1 Å². The van der Waals surface area contributed by atoms with Crippen LogP contribution in [0.4, 0.5) is 0 Å². The molecule has 5 N–H and O–H groups in total. The summed E-state index contributed by atoms with van der Waals surface area (Å²) in [5.74, 6) is -4.12. The number of rotatable bonds is 1.